The lowest BCUT2D eigenvalue weighted by Gasteiger charge is -2.11. The van der Waals surface area contributed by atoms with Gasteiger partial charge in [0.2, 0.25) is 0 Å². The first-order valence-electron chi connectivity index (χ1n) is 6.79. The van der Waals surface area contributed by atoms with Gasteiger partial charge in [0.05, 0.1) is 9.47 Å². The molecule has 0 saturated heterocycles. The third-order valence-electron chi connectivity index (χ3n) is 3.19. The van der Waals surface area contributed by atoms with Crippen molar-refractivity contribution in [2.24, 2.45) is 0 Å². The minimum atomic E-state index is -4.16. The Morgan fingerprint density at radius 1 is 1.24 bits per heavy atom. The normalized spacial score (nSPS) is 11.8. The molecular formula is C14H10BrF3N2O3S2. The van der Waals surface area contributed by atoms with Crippen molar-refractivity contribution >= 4 is 53.2 Å². The van der Waals surface area contributed by atoms with E-state index in [2.05, 4.69) is 20.9 Å². The maximum Gasteiger partial charge on any atom is 0.264 e. The Balaban J connectivity index is 1.94. The quantitative estimate of drug-likeness (QED) is 0.578. The average Bonchev–Trinajstić information content (AvgIpc) is 3.07. The van der Waals surface area contributed by atoms with Gasteiger partial charge in [-0.25, -0.2) is 21.6 Å². The van der Waals surface area contributed by atoms with Gasteiger partial charge in [-0.3, -0.25) is 4.72 Å². The SMILES string of the molecule is O=S(=O)(Nc1cc(F)c(OCCF)cc1F)c1c[nH]c2sc(Br)cc12. The van der Waals surface area contributed by atoms with Crippen molar-refractivity contribution < 1.29 is 26.3 Å². The molecule has 0 spiro atoms. The van der Waals surface area contributed by atoms with Crippen LogP contribution in [0.1, 0.15) is 0 Å². The molecule has 25 heavy (non-hydrogen) atoms. The van der Waals surface area contributed by atoms with Gasteiger partial charge in [0.1, 0.15) is 23.0 Å². The van der Waals surface area contributed by atoms with Crippen LogP contribution in [0, 0.1) is 11.6 Å². The van der Waals surface area contributed by atoms with Gasteiger partial charge < -0.3 is 9.72 Å². The summed E-state index contributed by atoms with van der Waals surface area (Å²) in [5.74, 6) is -2.55. The van der Waals surface area contributed by atoms with Crippen LogP contribution in [-0.2, 0) is 10.0 Å². The van der Waals surface area contributed by atoms with Gasteiger partial charge in [0.15, 0.2) is 17.4 Å². The topological polar surface area (TPSA) is 71.2 Å². The number of alkyl halides is 1. The first-order chi connectivity index (χ1) is 11.8. The minimum absolute atomic E-state index is 0.0954. The number of halogens is 4. The summed E-state index contributed by atoms with van der Waals surface area (Å²) in [6.45, 7) is -1.30. The van der Waals surface area contributed by atoms with Crippen molar-refractivity contribution in [1.29, 1.82) is 0 Å². The number of anilines is 1. The number of nitrogens with one attached hydrogen (secondary N) is 2. The molecule has 0 fully saturated rings. The largest absolute Gasteiger partial charge is 0.488 e. The molecule has 134 valence electrons. The van der Waals surface area contributed by atoms with Gasteiger partial charge in [0.25, 0.3) is 10.0 Å². The van der Waals surface area contributed by atoms with E-state index in [1.165, 1.54) is 17.5 Å². The molecule has 3 rings (SSSR count). The van der Waals surface area contributed by atoms with Crippen molar-refractivity contribution in [1.82, 2.24) is 4.98 Å². The van der Waals surface area contributed by atoms with Crippen molar-refractivity contribution in [2.75, 3.05) is 18.0 Å². The first-order valence-corrected chi connectivity index (χ1v) is 9.88. The highest BCUT2D eigenvalue weighted by atomic mass is 79.9. The summed E-state index contributed by atoms with van der Waals surface area (Å²) in [5.41, 5.74) is -0.575. The Hall–Kier alpha value is -1.72. The smallest absolute Gasteiger partial charge is 0.264 e. The summed E-state index contributed by atoms with van der Waals surface area (Å²) in [6.07, 6.45) is 1.27. The highest BCUT2D eigenvalue weighted by Crippen LogP contribution is 2.34. The summed E-state index contributed by atoms with van der Waals surface area (Å²) >= 11 is 4.55. The molecule has 3 aromatic rings. The fraction of sp³-hybridized carbons (Fsp3) is 0.143. The Bertz CT molecular complexity index is 1030. The number of hydrogen-bond acceptors (Lipinski definition) is 4. The fourth-order valence-corrected chi connectivity index (χ4v) is 4.92. The highest BCUT2D eigenvalue weighted by molar-refractivity contribution is 9.11. The van der Waals surface area contributed by atoms with Crippen LogP contribution in [0.4, 0.5) is 18.9 Å². The Kier molecular flexibility index (Phi) is 4.98. The zero-order chi connectivity index (χ0) is 18.2. The zero-order valence-corrected chi connectivity index (χ0v) is 15.5. The van der Waals surface area contributed by atoms with Gasteiger partial charge in [-0.05, 0) is 22.0 Å². The molecule has 5 nitrogen and oxygen atoms in total. The molecule has 0 bridgehead atoms. The van der Waals surface area contributed by atoms with Crippen LogP contribution in [0.3, 0.4) is 0 Å². The molecule has 2 heterocycles. The number of thiophene rings is 1. The Morgan fingerprint density at radius 3 is 2.72 bits per heavy atom. The van der Waals surface area contributed by atoms with Crippen LogP contribution in [0.5, 0.6) is 5.75 Å². The van der Waals surface area contributed by atoms with E-state index in [1.54, 1.807) is 6.07 Å². The van der Waals surface area contributed by atoms with Crippen LogP contribution in [0.2, 0.25) is 0 Å². The van der Waals surface area contributed by atoms with E-state index in [0.29, 0.717) is 22.3 Å². The molecule has 0 amide bonds. The monoisotopic (exact) mass is 454 g/mol. The van der Waals surface area contributed by atoms with Gasteiger partial charge in [-0.15, -0.1) is 11.3 Å². The third kappa shape index (κ3) is 3.62. The standard InChI is InChI=1S/C14H10BrF3N2O3S2/c15-13-3-7-12(6-19-14(7)24-13)25(21,22)20-10-4-9(18)11(5-8(10)17)23-2-1-16/h3-6,19-20H,1-2H2. The molecule has 2 aromatic heterocycles. The number of ether oxygens (including phenoxy) is 1. The number of H-pyrrole nitrogens is 1. The van der Waals surface area contributed by atoms with Crippen molar-refractivity contribution in [3.8, 4) is 5.75 Å². The number of aromatic amines is 1. The molecule has 2 N–H and O–H groups in total. The molecule has 0 atom stereocenters. The molecule has 11 heteroatoms. The first kappa shape index (κ1) is 18.1. The summed E-state index contributed by atoms with van der Waals surface area (Å²) in [6, 6.07) is 2.92. The molecular weight excluding hydrogens is 445 g/mol. The Morgan fingerprint density at radius 2 is 2.00 bits per heavy atom. The molecule has 0 unspecified atom stereocenters. The van der Waals surface area contributed by atoms with Crippen LogP contribution in [-0.4, -0.2) is 26.7 Å². The molecule has 0 aliphatic carbocycles. The minimum Gasteiger partial charge on any atom is -0.488 e. The van der Waals surface area contributed by atoms with Gasteiger partial charge in [0, 0.05) is 23.7 Å². The van der Waals surface area contributed by atoms with Gasteiger partial charge >= 0.3 is 0 Å². The number of sulfonamides is 1. The average molecular weight is 455 g/mol. The Labute approximate surface area is 153 Å². The van der Waals surface area contributed by atoms with Crippen molar-refractivity contribution in [2.45, 2.75) is 4.90 Å². The second-order valence-corrected chi connectivity index (χ2v) is 8.93. The summed E-state index contributed by atoms with van der Waals surface area (Å²) in [7, 11) is -4.16. The van der Waals surface area contributed by atoms with E-state index in [0.717, 1.165) is 3.79 Å². The van der Waals surface area contributed by atoms with E-state index in [-0.39, 0.29) is 4.90 Å². The molecule has 0 radical (unpaired) electrons. The number of aromatic nitrogens is 1. The lowest BCUT2D eigenvalue weighted by atomic mass is 10.3. The van der Waals surface area contributed by atoms with Gasteiger partial charge in [-0.1, -0.05) is 0 Å². The van der Waals surface area contributed by atoms with Crippen LogP contribution < -0.4 is 9.46 Å². The third-order valence-corrected chi connectivity index (χ3v) is 6.17. The van der Waals surface area contributed by atoms with E-state index in [1.807, 2.05) is 4.72 Å². The maximum atomic E-state index is 14.1. The number of fused-ring (bicyclic) bond motifs is 1. The molecule has 0 aliphatic rings. The van der Waals surface area contributed by atoms with E-state index >= 15 is 0 Å². The van der Waals surface area contributed by atoms with Crippen molar-refractivity contribution in [3.63, 3.8) is 0 Å². The lowest BCUT2D eigenvalue weighted by molar-refractivity contribution is 0.261. The van der Waals surface area contributed by atoms with Crippen molar-refractivity contribution in [3.05, 3.63) is 39.8 Å². The number of hydrogen-bond donors (Lipinski definition) is 2. The van der Waals surface area contributed by atoms with Crippen LogP contribution in [0.25, 0.3) is 10.2 Å². The van der Waals surface area contributed by atoms with Crippen LogP contribution >= 0.6 is 27.3 Å². The summed E-state index contributed by atoms with van der Waals surface area (Å²) in [4.78, 5) is 3.33. The zero-order valence-electron chi connectivity index (χ0n) is 12.3. The van der Waals surface area contributed by atoms with E-state index in [4.69, 9.17) is 4.74 Å². The fourth-order valence-electron chi connectivity index (χ4n) is 2.15. The molecule has 0 aliphatic heterocycles. The maximum absolute atomic E-state index is 14.1. The lowest BCUT2D eigenvalue weighted by Crippen LogP contribution is -2.14. The number of benzene rings is 1. The van der Waals surface area contributed by atoms with Gasteiger partial charge in [-0.2, -0.15) is 0 Å². The predicted octanol–water partition coefficient (Wildman–Crippen LogP) is 4.42. The second kappa shape index (κ2) is 6.89. The molecule has 0 saturated carbocycles. The predicted molar refractivity (Wildman–Crippen MR) is 92.5 cm³/mol. The summed E-state index contributed by atoms with van der Waals surface area (Å²) in [5, 5.41) is 0.424. The van der Waals surface area contributed by atoms with E-state index in [9.17, 15) is 21.6 Å². The second-order valence-electron chi connectivity index (χ2n) is 4.85. The highest BCUT2D eigenvalue weighted by Gasteiger charge is 2.23. The summed E-state index contributed by atoms with van der Waals surface area (Å²) < 4.78 is 72.4. The molecule has 1 aromatic carbocycles. The van der Waals surface area contributed by atoms with E-state index < -0.39 is 46.4 Å². The van der Waals surface area contributed by atoms with Crippen LogP contribution in [0.15, 0.2) is 33.1 Å². The number of rotatable bonds is 6.